The Balaban J connectivity index is 1.76. The van der Waals surface area contributed by atoms with E-state index in [4.69, 9.17) is 4.74 Å². The van der Waals surface area contributed by atoms with Crippen molar-refractivity contribution in [3.05, 3.63) is 52.4 Å². The Labute approximate surface area is 125 Å². The van der Waals surface area contributed by atoms with Crippen LogP contribution in [-0.2, 0) is 6.54 Å². The number of rotatable bonds is 5. The third-order valence-electron chi connectivity index (χ3n) is 3.11. The summed E-state index contributed by atoms with van der Waals surface area (Å²) in [5.41, 5.74) is 0.580. The molecule has 0 aliphatic heterocycles. The third-order valence-corrected chi connectivity index (χ3v) is 3.60. The molecule has 1 aliphatic rings. The maximum Gasteiger partial charge on any atom is 0.256 e. The van der Waals surface area contributed by atoms with Gasteiger partial charge >= 0.3 is 0 Å². The number of hydrogen-bond acceptors (Lipinski definition) is 3. The highest BCUT2D eigenvalue weighted by Gasteiger charge is 2.21. The first-order valence-corrected chi connectivity index (χ1v) is 7.32. The fourth-order valence-electron chi connectivity index (χ4n) is 1.85. The average molecular weight is 337 g/mol. The summed E-state index contributed by atoms with van der Waals surface area (Å²) in [6, 6.07) is 9.47. The molecule has 0 radical (unpaired) electrons. The van der Waals surface area contributed by atoms with Crippen LogP contribution in [-0.4, -0.2) is 11.0 Å². The van der Waals surface area contributed by atoms with Crippen molar-refractivity contribution in [3.63, 3.8) is 0 Å². The molecule has 0 spiro atoms. The quantitative estimate of drug-likeness (QED) is 0.895. The van der Waals surface area contributed by atoms with Crippen molar-refractivity contribution in [1.82, 2.24) is 10.3 Å². The standard InChI is InChI=1S/C15H14BrFN2O/c16-11-2-1-3-13(8-11)20-15-14(17)10(6-7-18-15)9-19-12-4-5-12/h1-3,6-8,12,19H,4-5,9H2. The van der Waals surface area contributed by atoms with Gasteiger partial charge < -0.3 is 10.1 Å². The molecule has 5 heteroatoms. The maximum atomic E-state index is 14.3. The van der Waals surface area contributed by atoms with Crippen LogP contribution in [0.4, 0.5) is 4.39 Å². The fraction of sp³-hybridized carbons (Fsp3) is 0.267. The predicted octanol–water partition coefficient (Wildman–Crippen LogP) is 4.03. The highest BCUT2D eigenvalue weighted by atomic mass is 79.9. The summed E-state index contributed by atoms with van der Waals surface area (Å²) in [5.74, 6) is 0.164. The van der Waals surface area contributed by atoms with Gasteiger partial charge in [-0.15, -0.1) is 0 Å². The van der Waals surface area contributed by atoms with Gasteiger partial charge in [0.2, 0.25) is 0 Å². The summed E-state index contributed by atoms with van der Waals surface area (Å²) in [6.07, 6.45) is 3.92. The van der Waals surface area contributed by atoms with E-state index in [1.54, 1.807) is 24.4 Å². The molecule has 1 aromatic heterocycles. The Bertz CT molecular complexity index is 617. The first kappa shape index (κ1) is 13.5. The van der Waals surface area contributed by atoms with Crippen LogP contribution in [0.5, 0.6) is 11.6 Å². The van der Waals surface area contributed by atoms with Crippen molar-refractivity contribution in [2.45, 2.75) is 25.4 Å². The summed E-state index contributed by atoms with van der Waals surface area (Å²) in [5, 5.41) is 3.28. The van der Waals surface area contributed by atoms with E-state index in [1.165, 1.54) is 12.8 Å². The van der Waals surface area contributed by atoms with Crippen molar-refractivity contribution in [2.75, 3.05) is 0 Å². The van der Waals surface area contributed by atoms with E-state index in [0.717, 1.165) is 4.47 Å². The van der Waals surface area contributed by atoms with Crippen LogP contribution in [0, 0.1) is 5.82 Å². The fourth-order valence-corrected chi connectivity index (χ4v) is 2.23. The highest BCUT2D eigenvalue weighted by molar-refractivity contribution is 9.10. The zero-order chi connectivity index (χ0) is 13.9. The molecule has 3 nitrogen and oxygen atoms in total. The van der Waals surface area contributed by atoms with Crippen LogP contribution in [0.3, 0.4) is 0 Å². The first-order valence-electron chi connectivity index (χ1n) is 6.52. The minimum absolute atomic E-state index is 0.0122. The molecule has 1 aliphatic carbocycles. The second-order valence-electron chi connectivity index (χ2n) is 4.80. The van der Waals surface area contributed by atoms with Crippen LogP contribution in [0.2, 0.25) is 0 Å². The molecule has 0 unspecified atom stereocenters. The van der Waals surface area contributed by atoms with E-state index >= 15 is 0 Å². The smallest absolute Gasteiger partial charge is 0.256 e. The molecule has 1 aromatic carbocycles. The molecule has 0 atom stereocenters. The van der Waals surface area contributed by atoms with Gasteiger partial charge in [-0.1, -0.05) is 22.0 Å². The Morgan fingerprint density at radius 2 is 2.20 bits per heavy atom. The molecule has 1 fully saturated rings. The first-order chi connectivity index (χ1) is 9.72. The summed E-state index contributed by atoms with van der Waals surface area (Å²) < 4.78 is 20.7. The topological polar surface area (TPSA) is 34.2 Å². The zero-order valence-corrected chi connectivity index (χ0v) is 12.4. The van der Waals surface area contributed by atoms with E-state index in [9.17, 15) is 4.39 Å². The highest BCUT2D eigenvalue weighted by Crippen LogP contribution is 2.27. The Kier molecular flexibility index (Phi) is 3.98. The lowest BCUT2D eigenvalue weighted by molar-refractivity contribution is 0.417. The summed E-state index contributed by atoms with van der Waals surface area (Å²) in [4.78, 5) is 3.97. The number of aromatic nitrogens is 1. The second-order valence-corrected chi connectivity index (χ2v) is 5.72. The van der Waals surface area contributed by atoms with Gasteiger partial charge in [0.25, 0.3) is 5.88 Å². The monoisotopic (exact) mass is 336 g/mol. The summed E-state index contributed by atoms with van der Waals surface area (Å²) in [6.45, 7) is 0.508. The van der Waals surface area contributed by atoms with Crippen molar-refractivity contribution in [1.29, 1.82) is 0 Å². The molecular weight excluding hydrogens is 323 g/mol. The van der Waals surface area contributed by atoms with Gasteiger partial charge in [-0.2, -0.15) is 0 Å². The number of benzene rings is 1. The lowest BCUT2D eigenvalue weighted by Gasteiger charge is -2.09. The van der Waals surface area contributed by atoms with Gasteiger partial charge in [0.15, 0.2) is 5.82 Å². The molecule has 2 aromatic rings. The van der Waals surface area contributed by atoms with E-state index in [1.807, 2.05) is 12.1 Å². The molecule has 104 valence electrons. The van der Waals surface area contributed by atoms with Crippen molar-refractivity contribution >= 4 is 15.9 Å². The van der Waals surface area contributed by atoms with E-state index in [0.29, 0.717) is 23.9 Å². The number of ether oxygens (including phenoxy) is 1. The number of nitrogens with one attached hydrogen (secondary N) is 1. The van der Waals surface area contributed by atoms with Crippen LogP contribution >= 0.6 is 15.9 Å². The molecule has 1 saturated carbocycles. The van der Waals surface area contributed by atoms with Crippen LogP contribution in [0.1, 0.15) is 18.4 Å². The number of pyridine rings is 1. The minimum atomic E-state index is -0.402. The van der Waals surface area contributed by atoms with Gasteiger partial charge in [-0.05, 0) is 37.1 Å². The number of hydrogen-bond donors (Lipinski definition) is 1. The average Bonchev–Trinajstić information content (AvgIpc) is 3.24. The van der Waals surface area contributed by atoms with Crippen LogP contribution in [0.25, 0.3) is 0 Å². The molecule has 0 amide bonds. The number of nitrogens with zero attached hydrogens (tertiary/aromatic N) is 1. The Morgan fingerprint density at radius 3 is 2.95 bits per heavy atom. The van der Waals surface area contributed by atoms with Gasteiger partial charge in [-0.25, -0.2) is 9.37 Å². The van der Waals surface area contributed by atoms with E-state index < -0.39 is 5.82 Å². The van der Waals surface area contributed by atoms with E-state index in [2.05, 4.69) is 26.2 Å². The van der Waals surface area contributed by atoms with Gasteiger partial charge in [0.05, 0.1) is 0 Å². The Morgan fingerprint density at radius 1 is 1.35 bits per heavy atom. The van der Waals surface area contributed by atoms with Crippen LogP contribution in [0.15, 0.2) is 41.0 Å². The van der Waals surface area contributed by atoms with Crippen LogP contribution < -0.4 is 10.1 Å². The SMILES string of the molecule is Fc1c(CNC2CC2)ccnc1Oc1cccc(Br)c1. The van der Waals surface area contributed by atoms with Crippen molar-refractivity contribution in [3.8, 4) is 11.6 Å². The lowest BCUT2D eigenvalue weighted by atomic mass is 10.2. The summed E-state index contributed by atoms with van der Waals surface area (Å²) in [7, 11) is 0. The second kappa shape index (κ2) is 5.89. The lowest BCUT2D eigenvalue weighted by Crippen LogP contribution is -2.16. The van der Waals surface area contributed by atoms with E-state index in [-0.39, 0.29) is 5.88 Å². The molecule has 0 saturated heterocycles. The molecule has 0 bridgehead atoms. The molecule has 3 rings (SSSR count). The van der Waals surface area contributed by atoms with Crippen molar-refractivity contribution < 1.29 is 9.13 Å². The van der Waals surface area contributed by atoms with Gasteiger partial charge in [0.1, 0.15) is 5.75 Å². The van der Waals surface area contributed by atoms with Crippen molar-refractivity contribution in [2.24, 2.45) is 0 Å². The molecular formula is C15H14BrFN2O. The number of halogens is 2. The van der Waals surface area contributed by atoms with Gasteiger partial charge in [0, 0.05) is 28.8 Å². The molecule has 20 heavy (non-hydrogen) atoms. The predicted molar refractivity (Wildman–Crippen MR) is 78.3 cm³/mol. The third kappa shape index (κ3) is 3.35. The minimum Gasteiger partial charge on any atom is -0.436 e. The van der Waals surface area contributed by atoms with Gasteiger partial charge in [-0.3, -0.25) is 0 Å². The zero-order valence-electron chi connectivity index (χ0n) is 10.8. The Hall–Kier alpha value is -1.46. The summed E-state index contributed by atoms with van der Waals surface area (Å²) >= 11 is 3.35. The normalized spacial score (nSPS) is 14.3. The largest absolute Gasteiger partial charge is 0.436 e. The maximum absolute atomic E-state index is 14.3. The molecule has 1 heterocycles. The molecule has 1 N–H and O–H groups in total.